The summed E-state index contributed by atoms with van der Waals surface area (Å²) in [7, 11) is 6.24. The molecule has 0 bridgehead atoms. The highest BCUT2D eigenvalue weighted by Gasteiger charge is 2.22. The van der Waals surface area contributed by atoms with Crippen LogP contribution in [0.3, 0.4) is 0 Å². The zero-order chi connectivity index (χ0) is 21.8. The monoisotopic (exact) mass is 419 g/mol. The van der Waals surface area contributed by atoms with Crippen LogP contribution >= 0.6 is 0 Å². The summed E-state index contributed by atoms with van der Waals surface area (Å²) in [5.74, 6) is -0.808. The second kappa shape index (κ2) is 9.57. The van der Waals surface area contributed by atoms with Gasteiger partial charge in [0.1, 0.15) is 11.4 Å². The third kappa shape index (κ3) is 4.82. The van der Waals surface area contributed by atoms with Gasteiger partial charge in [-0.1, -0.05) is 0 Å². The molecule has 0 atom stereocenters. The van der Waals surface area contributed by atoms with Gasteiger partial charge in [0.2, 0.25) is 5.43 Å². The number of nitrogens with zero attached hydrogens (tertiary/aromatic N) is 2. The highest BCUT2D eigenvalue weighted by Crippen LogP contribution is 2.25. The average molecular weight is 420 g/mol. The normalized spacial score (nSPS) is 15.2. The quantitative estimate of drug-likeness (QED) is 0.492. The second-order valence-electron chi connectivity index (χ2n) is 8.49. The summed E-state index contributed by atoms with van der Waals surface area (Å²) < 4.78 is 16.8. The number of fused-ring (bicyclic) bond motifs is 1. The van der Waals surface area contributed by atoms with E-state index in [4.69, 9.17) is 0 Å². The number of anilines is 1. The molecule has 8 heteroatoms. The first kappa shape index (κ1) is 22.2. The molecule has 7 nitrogen and oxygen atoms in total. The van der Waals surface area contributed by atoms with Gasteiger partial charge in [-0.25, -0.2) is 4.39 Å². The molecule has 1 aliphatic heterocycles. The Bertz CT molecular complexity index is 964. The molecule has 1 saturated heterocycles. The molecule has 0 aliphatic carbocycles. The average Bonchev–Trinajstić information content (AvgIpc) is 2.72. The molecular weight excluding hydrogens is 385 g/mol. The second-order valence-corrected chi connectivity index (χ2v) is 8.49. The minimum Gasteiger partial charge on any atom is -0.358 e. The Morgan fingerprint density at radius 2 is 1.97 bits per heavy atom. The van der Waals surface area contributed by atoms with Gasteiger partial charge in [0, 0.05) is 31.1 Å². The van der Waals surface area contributed by atoms with Gasteiger partial charge >= 0.3 is 0 Å². The van der Waals surface area contributed by atoms with Crippen LogP contribution < -0.4 is 25.4 Å². The Kier molecular flexibility index (Phi) is 7.10. The number of pyridine rings is 1. The van der Waals surface area contributed by atoms with Crippen LogP contribution in [0.1, 0.15) is 23.7 Å². The molecule has 1 fully saturated rings. The van der Waals surface area contributed by atoms with Gasteiger partial charge < -0.3 is 24.6 Å². The van der Waals surface area contributed by atoms with Gasteiger partial charge in [0.05, 0.1) is 65.1 Å². The largest absolute Gasteiger partial charge is 0.358 e. The van der Waals surface area contributed by atoms with Crippen molar-refractivity contribution < 1.29 is 19.0 Å². The molecule has 3 N–H and O–H groups in total. The zero-order valence-electron chi connectivity index (χ0n) is 18.5. The van der Waals surface area contributed by atoms with Crippen molar-refractivity contribution in [1.29, 1.82) is 0 Å². The standard InChI is InChI=1S/C22H32FN5O2/c1-5-27-15-17(22(30)24-7-6-8-25(2)3)21(29)16-13-18(23)20(14-19(16)27)28-11-9-26(4)10-12-28/h13-15H,5-12H2,1-4H3,(H,24,30)/p+2. The molecule has 164 valence electrons. The summed E-state index contributed by atoms with van der Waals surface area (Å²) in [6.45, 7) is 7.43. The first-order chi connectivity index (χ1) is 14.3. The predicted molar refractivity (Wildman–Crippen MR) is 117 cm³/mol. The van der Waals surface area contributed by atoms with E-state index in [2.05, 4.69) is 26.5 Å². The van der Waals surface area contributed by atoms with Crippen molar-refractivity contribution in [2.45, 2.75) is 19.9 Å². The molecular formula is C22H34FN5O2+2. The lowest BCUT2D eigenvalue weighted by atomic mass is 10.1. The van der Waals surface area contributed by atoms with E-state index in [-0.39, 0.29) is 10.9 Å². The topological polar surface area (TPSA) is 63.2 Å². The summed E-state index contributed by atoms with van der Waals surface area (Å²) in [5.41, 5.74) is 0.841. The van der Waals surface area contributed by atoms with E-state index < -0.39 is 17.2 Å². The van der Waals surface area contributed by atoms with Crippen molar-refractivity contribution in [1.82, 2.24) is 9.88 Å². The first-order valence-electron chi connectivity index (χ1n) is 10.8. The smallest absolute Gasteiger partial charge is 0.256 e. The summed E-state index contributed by atoms with van der Waals surface area (Å²) in [6, 6.07) is 3.06. The van der Waals surface area contributed by atoms with Crippen LogP contribution in [0, 0.1) is 5.82 Å². The van der Waals surface area contributed by atoms with E-state index >= 15 is 0 Å². The van der Waals surface area contributed by atoms with Crippen LogP contribution in [0.5, 0.6) is 0 Å². The summed E-state index contributed by atoms with van der Waals surface area (Å²) in [6.07, 6.45) is 2.43. The minimum atomic E-state index is -0.418. The minimum absolute atomic E-state index is 0.0666. The highest BCUT2D eigenvalue weighted by atomic mass is 19.1. The number of hydrogen-bond acceptors (Lipinski definition) is 3. The molecule has 3 rings (SSSR count). The fourth-order valence-electron chi connectivity index (χ4n) is 3.93. The number of carbonyl (C=O) groups excluding carboxylic acids is 1. The van der Waals surface area contributed by atoms with Crippen LogP contribution in [0.25, 0.3) is 10.9 Å². The number of aryl methyl sites for hydroxylation is 1. The Balaban J connectivity index is 1.93. The summed E-state index contributed by atoms with van der Waals surface area (Å²) in [5, 5.41) is 3.08. The number of hydrogen-bond donors (Lipinski definition) is 3. The van der Waals surface area contributed by atoms with E-state index in [1.807, 2.05) is 16.4 Å². The molecule has 2 heterocycles. The maximum atomic E-state index is 15.0. The van der Waals surface area contributed by atoms with E-state index in [0.29, 0.717) is 24.3 Å². The maximum absolute atomic E-state index is 15.0. The molecule has 2 aromatic rings. The molecule has 0 saturated carbocycles. The van der Waals surface area contributed by atoms with Crippen molar-refractivity contribution in [2.75, 3.05) is 65.3 Å². The van der Waals surface area contributed by atoms with Crippen molar-refractivity contribution >= 4 is 22.5 Å². The number of piperazine rings is 1. The Labute approximate surface area is 177 Å². The van der Waals surface area contributed by atoms with Gasteiger partial charge in [0.25, 0.3) is 5.91 Å². The number of carbonyl (C=O) groups is 1. The molecule has 0 unspecified atom stereocenters. The number of amides is 1. The Morgan fingerprint density at radius 3 is 2.60 bits per heavy atom. The van der Waals surface area contributed by atoms with Crippen LogP contribution in [0.4, 0.5) is 10.1 Å². The number of halogens is 1. The zero-order valence-corrected chi connectivity index (χ0v) is 18.5. The fraction of sp³-hybridized carbons (Fsp3) is 0.545. The molecule has 1 aromatic heterocycles. The number of rotatable bonds is 7. The van der Waals surface area contributed by atoms with Crippen LogP contribution in [0.15, 0.2) is 23.1 Å². The Hall–Kier alpha value is -2.45. The molecule has 0 spiro atoms. The lowest BCUT2D eigenvalue weighted by Gasteiger charge is -2.32. The lowest BCUT2D eigenvalue weighted by Crippen LogP contribution is -3.12. The maximum Gasteiger partial charge on any atom is 0.256 e. The summed E-state index contributed by atoms with van der Waals surface area (Å²) >= 11 is 0. The first-order valence-corrected chi connectivity index (χ1v) is 10.8. The van der Waals surface area contributed by atoms with Gasteiger partial charge in [-0.15, -0.1) is 0 Å². The van der Waals surface area contributed by atoms with Gasteiger partial charge in [-0.2, -0.15) is 0 Å². The molecule has 1 aromatic carbocycles. The molecule has 1 aliphatic rings. The van der Waals surface area contributed by atoms with E-state index in [0.717, 1.165) is 39.1 Å². The predicted octanol–water partition coefficient (Wildman–Crippen LogP) is -1.24. The number of likely N-dealkylation sites (N-methyl/N-ethyl adjacent to an activating group) is 1. The lowest BCUT2D eigenvalue weighted by molar-refractivity contribution is -0.880. The third-order valence-corrected chi connectivity index (χ3v) is 5.83. The van der Waals surface area contributed by atoms with Crippen molar-refractivity contribution in [3.05, 3.63) is 39.9 Å². The van der Waals surface area contributed by atoms with Crippen LogP contribution in [-0.4, -0.2) is 70.9 Å². The number of quaternary nitrogens is 2. The van der Waals surface area contributed by atoms with Crippen molar-refractivity contribution in [2.24, 2.45) is 0 Å². The number of nitrogens with one attached hydrogen (secondary N) is 3. The highest BCUT2D eigenvalue weighted by molar-refractivity contribution is 5.97. The van der Waals surface area contributed by atoms with Gasteiger partial charge in [0.15, 0.2) is 0 Å². The number of aromatic nitrogens is 1. The van der Waals surface area contributed by atoms with Crippen molar-refractivity contribution in [3.63, 3.8) is 0 Å². The van der Waals surface area contributed by atoms with E-state index in [9.17, 15) is 14.0 Å². The molecule has 0 radical (unpaired) electrons. The summed E-state index contributed by atoms with van der Waals surface area (Å²) in [4.78, 5) is 30.4. The SMILES string of the molecule is CCn1cc(C(=O)NCCC[NH+](C)C)c(=O)c2cc(F)c(N3CC[NH+](C)CC3)cc21. The van der Waals surface area contributed by atoms with E-state index in [1.54, 1.807) is 12.3 Å². The number of benzene rings is 1. The fourth-order valence-corrected chi connectivity index (χ4v) is 3.93. The Morgan fingerprint density at radius 1 is 1.27 bits per heavy atom. The van der Waals surface area contributed by atoms with Crippen LogP contribution in [-0.2, 0) is 6.54 Å². The van der Waals surface area contributed by atoms with Crippen molar-refractivity contribution in [3.8, 4) is 0 Å². The van der Waals surface area contributed by atoms with Crippen LogP contribution in [0.2, 0.25) is 0 Å². The van der Waals surface area contributed by atoms with Gasteiger partial charge in [-0.05, 0) is 19.1 Å². The molecule has 30 heavy (non-hydrogen) atoms. The third-order valence-electron chi connectivity index (χ3n) is 5.83. The van der Waals surface area contributed by atoms with E-state index in [1.165, 1.54) is 15.9 Å². The van der Waals surface area contributed by atoms with Gasteiger partial charge in [-0.3, -0.25) is 9.59 Å². The molecule has 1 amide bonds.